The molecule has 106 valence electrons. The maximum absolute atomic E-state index is 11.6. The van der Waals surface area contributed by atoms with Gasteiger partial charge in [-0.3, -0.25) is 0 Å². The number of nitrogens with one attached hydrogen (secondary N) is 2. The molecule has 0 atom stereocenters. The van der Waals surface area contributed by atoms with Gasteiger partial charge < -0.3 is 10.6 Å². The van der Waals surface area contributed by atoms with Crippen molar-refractivity contribution in [3.8, 4) is 5.82 Å². The molecule has 2 N–H and O–H groups in total. The predicted octanol–water partition coefficient (Wildman–Crippen LogP) is 1.83. The van der Waals surface area contributed by atoms with E-state index in [-0.39, 0.29) is 6.03 Å². The molecular weight excluding hydrogens is 256 g/mol. The molecule has 0 fully saturated rings. The van der Waals surface area contributed by atoms with Crippen LogP contribution in [0, 0.1) is 5.92 Å². The average Bonchev–Trinajstić information content (AvgIpc) is 2.93. The van der Waals surface area contributed by atoms with Crippen molar-refractivity contribution in [2.45, 2.75) is 20.3 Å². The minimum Gasteiger partial charge on any atom is -0.338 e. The van der Waals surface area contributed by atoms with Crippen LogP contribution in [-0.2, 0) is 0 Å². The van der Waals surface area contributed by atoms with Gasteiger partial charge in [-0.2, -0.15) is 5.10 Å². The number of hydrogen-bond donors (Lipinski definition) is 2. The molecule has 0 aromatic carbocycles. The molecule has 0 aliphatic rings. The van der Waals surface area contributed by atoms with Gasteiger partial charge in [-0.25, -0.2) is 19.4 Å². The van der Waals surface area contributed by atoms with Gasteiger partial charge in [0, 0.05) is 6.54 Å². The van der Waals surface area contributed by atoms with Gasteiger partial charge in [0.15, 0.2) is 5.82 Å². The van der Waals surface area contributed by atoms with Crippen LogP contribution in [0.3, 0.4) is 0 Å². The van der Waals surface area contributed by atoms with E-state index in [1.54, 1.807) is 29.3 Å². The highest BCUT2D eigenvalue weighted by Gasteiger charge is 2.03. The minimum absolute atomic E-state index is 0.221. The highest BCUT2D eigenvalue weighted by molar-refractivity contribution is 5.88. The average molecular weight is 274 g/mol. The van der Waals surface area contributed by atoms with E-state index in [0.717, 1.165) is 6.42 Å². The van der Waals surface area contributed by atoms with Crippen molar-refractivity contribution >= 4 is 11.7 Å². The first-order valence-corrected chi connectivity index (χ1v) is 6.51. The van der Waals surface area contributed by atoms with Crippen LogP contribution >= 0.6 is 0 Å². The van der Waals surface area contributed by atoms with E-state index >= 15 is 0 Å². The van der Waals surface area contributed by atoms with Gasteiger partial charge >= 0.3 is 6.03 Å². The molecule has 2 aromatic rings. The van der Waals surface area contributed by atoms with Gasteiger partial charge in [0.1, 0.15) is 12.7 Å². The summed E-state index contributed by atoms with van der Waals surface area (Å²) in [4.78, 5) is 19.7. The lowest BCUT2D eigenvalue weighted by Crippen LogP contribution is -2.30. The van der Waals surface area contributed by atoms with Gasteiger partial charge in [-0.1, -0.05) is 13.8 Å². The first-order chi connectivity index (χ1) is 9.65. The number of carbonyl (C=O) groups excluding carboxylic acids is 1. The van der Waals surface area contributed by atoms with Gasteiger partial charge in [-0.05, 0) is 24.5 Å². The lowest BCUT2D eigenvalue weighted by atomic mass is 10.1. The Bertz CT molecular complexity index is 534. The Morgan fingerprint density at radius 3 is 2.85 bits per heavy atom. The molecule has 7 nitrogen and oxygen atoms in total. The van der Waals surface area contributed by atoms with E-state index < -0.39 is 0 Å². The summed E-state index contributed by atoms with van der Waals surface area (Å²) in [5, 5.41) is 9.51. The fourth-order valence-electron chi connectivity index (χ4n) is 1.57. The molecule has 0 saturated heterocycles. The number of urea groups is 1. The molecule has 0 saturated carbocycles. The summed E-state index contributed by atoms with van der Waals surface area (Å²) < 4.78 is 1.55. The van der Waals surface area contributed by atoms with E-state index in [9.17, 15) is 4.79 Å². The summed E-state index contributed by atoms with van der Waals surface area (Å²) in [5.41, 5.74) is 0.635. The largest absolute Gasteiger partial charge is 0.338 e. The van der Waals surface area contributed by atoms with Crippen LogP contribution in [0.4, 0.5) is 10.5 Å². The summed E-state index contributed by atoms with van der Waals surface area (Å²) in [7, 11) is 0. The highest BCUT2D eigenvalue weighted by atomic mass is 16.2. The van der Waals surface area contributed by atoms with Crippen LogP contribution < -0.4 is 10.6 Å². The van der Waals surface area contributed by atoms with Crippen LogP contribution in [0.1, 0.15) is 20.3 Å². The van der Waals surface area contributed by atoms with Crippen molar-refractivity contribution in [1.82, 2.24) is 25.1 Å². The topological polar surface area (TPSA) is 84.7 Å². The third-order valence-corrected chi connectivity index (χ3v) is 2.67. The monoisotopic (exact) mass is 274 g/mol. The van der Waals surface area contributed by atoms with Gasteiger partial charge in [0.2, 0.25) is 0 Å². The Hall–Kier alpha value is -2.44. The fraction of sp³-hybridized carbons (Fsp3) is 0.385. The third-order valence-electron chi connectivity index (χ3n) is 2.67. The van der Waals surface area contributed by atoms with Gasteiger partial charge in [0.25, 0.3) is 0 Å². The lowest BCUT2D eigenvalue weighted by Gasteiger charge is -2.09. The molecule has 2 aromatic heterocycles. The normalized spacial score (nSPS) is 10.6. The number of nitrogens with zero attached hydrogens (tertiary/aromatic N) is 4. The van der Waals surface area contributed by atoms with Gasteiger partial charge in [-0.15, -0.1) is 0 Å². The zero-order valence-electron chi connectivity index (χ0n) is 11.6. The Balaban J connectivity index is 1.86. The maximum Gasteiger partial charge on any atom is 0.319 e. The molecule has 2 rings (SSSR count). The predicted molar refractivity (Wildman–Crippen MR) is 75.6 cm³/mol. The SMILES string of the molecule is CC(C)CCNC(=O)Nc1ccc(-n2cncn2)nc1. The molecular formula is C13H18N6O. The molecule has 2 heterocycles. The van der Waals surface area contributed by atoms with Crippen molar-refractivity contribution in [3.05, 3.63) is 31.0 Å². The van der Waals surface area contributed by atoms with Crippen LogP contribution in [0.5, 0.6) is 0 Å². The fourth-order valence-corrected chi connectivity index (χ4v) is 1.57. The Labute approximate surface area is 117 Å². The number of aromatic nitrogens is 4. The van der Waals surface area contributed by atoms with E-state index in [0.29, 0.717) is 24.0 Å². The van der Waals surface area contributed by atoms with Crippen LogP contribution in [0.2, 0.25) is 0 Å². The van der Waals surface area contributed by atoms with E-state index in [4.69, 9.17) is 0 Å². The van der Waals surface area contributed by atoms with Gasteiger partial charge in [0.05, 0.1) is 11.9 Å². The summed E-state index contributed by atoms with van der Waals surface area (Å²) in [5.74, 6) is 1.21. The molecule has 0 spiro atoms. The standard InChI is InChI=1S/C13H18N6O/c1-10(2)5-6-15-13(20)18-11-3-4-12(16-7-11)19-9-14-8-17-19/h3-4,7-10H,5-6H2,1-2H3,(H2,15,18,20). The molecule has 0 aliphatic heterocycles. The number of carbonyl (C=O) groups is 1. The summed E-state index contributed by atoms with van der Waals surface area (Å²) in [6.45, 7) is 4.90. The zero-order chi connectivity index (χ0) is 14.4. The summed E-state index contributed by atoms with van der Waals surface area (Å²) in [6.07, 6.45) is 5.54. The molecule has 0 bridgehead atoms. The second-order valence-electron chi connectivity index (χ2n) is 4.81. The number of anilines is 1. The number of pyridine rings is 1. The minimum atomic E-state index is -0.221. The van der Waals surface area contributed by atoms with Crippen molar-refractivity contribution < 1.29 is 4.79 Å². The van der Waals surface area contributed by atoms with E-state index in [1.807, 2.05) is 0 Å². The lowest BCUT2D eigenvalue weighted by molar-refractivity contribution is 0.251. The summed E-state index contributed by atoms with van der Waals surface area (Å²) >= 11 is 0. The molecule has 0 unspecified atom stereocenters. The molecule has 20 heavy (non-hydrogen) atoms. The van der Waals surface area contributed by atoms with Crippen LogP contribution in [-0.4, -0.2) is 32.3 Å². The molecule has 0 radical (unpaired) electrons. The van der Waals surface area contributed by atoms with Crippen LogP contribution in [0.25, 0.3) is 5.82 Å². The first-order valence-electron chi connectivity index (χ1n) is 6.51. The number of hydrogen-bond acceptors (Lipinski definition) is 4. The summed E-state index contributed by atoms with van der Waals surface area (Å²) in [6, 6.07) is 3.31. The van der Waals surface area contributed by atoms with Crippen molar-refractivity contribution in [3.63, 3.8) is 0 Å². The smallest absolute Gasteiger partial charge is 0.319 e. The quantitative estimate of drug-likeness (QED) is 0.871. The molecule has 2 amide bonds. The van der Waals surface area contributed by atoms with E-state index in [1.165, 1.54) is 6.33 Å². The van der Waals surface area contributed by atoms with Crippen LogP contribution in [0.15, 0.2) is 31.0 Å². The number of rotatable bonds is 5. The number of amides is 2. The second-order valence-corrected chi connectivity index (χ2v) is 4.81. The Morgan fingerprint density at radius 1 is 1.40 bits per heavy atom. The zero-order valence-corrected chi connectivity index (χ0v) is 11.6. The van der Waals surface area contributed by atoms with Crippen molar-refractivity contribution in [2.75, 3.05) is 11.9 Å². The Morgan fingerprint density at radius 2 is 2.25 bits per heavy atom. The van der Waals surface area contributed by atoms with Crippen molar-refractivity contribution in [2.24, 2.45) is 5.92 Å². The maximum atomic E-state index is 11.6. The first kappa shape index (κ1) is 14.0. The Kier molecular flexibility index (Phi) is 4.65. The van der Waals surface area contributed by atoms with E-state index in [2.05, 4.69) is 39.5 Å². The molecule has 7 heteroatoms. The second kappa shape index (κ2) is 6.65. The van der Waals surface area contributed by atoms with Crippen molar-refractivity contribution in [1.29, 1.82) is 0 Å². The third kappa shape index (κ3) is 4.04. The molecule has 0 aliphatic carbocycles. The highest BCUT2D eigenvalue weighted by Crippen LogP contribution is 2.08.